The van der Waals surface area contributed by atoms with Crippen LogP contribution in [0.4, 0.5) is 5.69 Å². The first-order chi connectivity index (χ1) is 15.9. The minimum Gasteiger partial charge on any atom is -0.368 e. The molecule has 0 aliphatic carbocycles. The molecule has 1 N–H and O–H groups in total. The Labute approximate surface area is 192 Å². The highest BCUT2D eigenvalue weighted by molar-refractivity contribution is 6.25. The van der Waals surface area contributed by atoms with Gasteiger partial charge in [-0.3, -0.25) is 34.3 Å². The highest BCUT2D eigenvalue weighted by atomic mass is 16.7. The summed E-state index contributed by atoms with van der Waals surface area (Å²) >= 11 is 0. The normalized spacial score (nSPS) is 21.7. The molecule has 2 fully saturated rings. The first kappa shape index (κ1) is 23.3. The van der Waals surface area contributed by atoms with Crippen molar-refractivity contribution in [3.8, 4) is 0 Å². The molecule has 3 heterocycles. The summed E-state index contributed by atoms with van der Waals surface area (Å²) in [5.41, 5.74) is 1.34. The van der Waals surface area contributed by atoms with E-state index in [4.69, 9.17) is 9.47 Å². The number of rotatable bonds is 8. The summed E-state index contributed by atoms with van der Waals surface area (Å²) < 4.78 is 11.3. The van der Waals surface area contributed by atoms with Gasteiger partial charge in [-0.2, -0.15) is 0 Å². The van der Waals surface area contributed by atoms with Gasteiger partial charge in [-0.05, 0) is 32.4 Å². The van der Waals surface area contributed by atoms with E-state index in [1.165, 1.54) is 0 Å². The molecule has 1 aromatic rings. The molecule has 2 saturated heterocycles. The van der Waals surface area contributed by atoms with E-state index in [2.05, 4.69) is 15.1 Å². The minimum atomic E-state index is -0.964. The average Bonchev–Trinajstić information content (AvgIpc) is 3.05. The standard InChI is InChI=1S/C23H30N4O6/c1-3-32-19(33-4-2)14-25-10-12-26(13-11-25)16-7-5-6-15-20(16)23(31)27(22(15)30)17-8-9-18(28)24-21(17)29/h5-7,17,19H,3-4,8-14H2,1-2H3,(H,24,28,29). The van der Waals surface area contributed by atoms with Gasteiger partial charge in [0.2, 0.25) is 11.8 Å². The fourth-order valence-electron chi connectivity index (χ4n) is 4.67. The van der Waals surface area contributed by atoms with Gasteiger partial charge in [0.15, 0.2) is 6.29 Å². The molecule has 1 unspecified atom stereocenters. The van der Waals surface area contributed by atoms with Crippen LogP contribution in [-0.2, 0) is 19.1 Å². The minimum absolute atomic E-state index is 0.100. The molecule has 0 bridgehead atoms. The molecule has 10 nitrogen and oxygen atoms in total. The molecule has 4 rings (SSSR count). The number of anilines is 1. The fraction of sp³-hybridized carbons (Fsp3) is 0.565. The number of carbonyl (C=O) groups is 4. The van der Waals surface area contributed by atoms with E-state index in [1.54, 1.807) is 12.1 Å². The number of ether oxygens (including phenoxy) is 2. The van der Waals surface area contributed by atoms with Crippen molar-refractivity contribution in [2.75, 3.05) is 50.8 Å². The molecule has 0 spiro atoms. The van der Waals surface area contributed by atoms with Crippen molar-refractivity contribution in [3.63, 3.8) is 0 Å². The number of hydrogen-bond acceptors (Lipinski definition) is 8. The third kappa shape index (κ3) is 4.64. The summed E-state index contributed by atoms with van der Waals surface area (Å²) in [5.74, 6) is -1.95. The summed E-state index contributed by atoms with van der Waals surface area (Å²) in [4.78, 5) is 55.6. The molecule has 0 aromatic heterocycles. The lowest BCUT2D eigenvalue weighted by atomic mass is 10.0. The predicted molar refractivity (Wildman–Crippen MR) is 119 cm³/mol. The lowest BCUT2D eigenvalue weighted by Gasteiger charge is -2.37. The molecule has 3 aliphatic heterocycles. The number of benzene rings is 1. The van der Waals surface area contributed by atoms with E-state index in [0.717, 1.165) is 18.0 Å². The Balaban J connectivity index is 1.47. The number of imide groups is 2. The lowest BCUT2D eigenvalue weighted by molar-refractivity contribution is -0.147. The summed E-state index contributed by atoms with van der Waals surface area (Å²) in [6.07, 6.45) is -0.0255. The van der Waals surface area contributed by atoms with E-state index < -0.39 is 23.8 Å². The van der Waals surface area contributed by atoms with Gasteiger partial charge in [0.1, 0.15) is 6.04 Å². The van der Waals surface area contributed by atoms with Gasteiger partial charge in [-0.25, -0.2) is 0 Å². The second-order valence-corrected chi connectivity index (χ2v) is 8.27. The Kier molecular flexibility index (Phi) is 7.06. The first-order valence-electron chi connectivity index (χ1n) is 11.5. The Hall–Kier alpha value is -2.82. The third-order valence-electron chi connectivity index (χ3n) is 6.27. The van der Waals surface area contributed by atoms with Crippen LogP contribution in [0.2, 0.25) is 0 Å². The summed E-state index contributed by atoms with van der Waals surface area (Å²) in [6, 6.07) is 4.26. The van der Waals surface area contributed by atoms with Gasteiger partial charge in [0.05, 0.1) is 16.8 Å². The van der Waals surface area contributed by atoms with Crippen molar-refractivity contribution in [3.05, 3.63) is 29.3 Å². The monoisotopic (exact) mass is 458 g/mol. The van der Waals surface area contributed by atoms with Crippen LogP contribution in [0.3, 0.4) is 0 Å². The maximum atomic E-state index is 13.3. The van der Waals surface area contributed by atoms with Gasteiger partial charge in [0.25, 0.3) is 11.8 Å². The summed E-state index contributed by atoms with van der Waals surface area (Å²) in [7, 11) is 0. The molecule has 0 saturated carbocycles. The molecule has 1 atom stereocenters. The number of amides is 4. The number of carbonyl (C=O) groups excluding carboxylic acids is 4. The second kappa shape index (κ2) is 9.98. The van der Waals surface area contributed by atoms with Crippen molar-refractivity contribution in [2.24, 2.45) is 0 Å². The number of nitrogens with one attached hydrogen (secondary N) is 1. The lowest BCUT2D eigenvalue weighted by Crippen LogP contribution is -2.54. The number of nitrogens with zero attached hydrogens (tertiary/aromatic N) is 3. The molecule has 1 aromatic carbocycles. The van der Waals surface area contributed by atoms with E-state index in [1.807, 2.05) is 19.9 Å². The molecule has 178 valence electrons. The molecule has 3 aliphatic rings. The van der Waals surface area contributed by atoms with Gasteiger partial charge in [0, 0.05) is 52.4 Å². The highest BCUT2D eigenvalue weighted by Gasteiger charge is 2.46. The first-order valence-corrected chi connectivity index (χ1v) is 11.5. The van der Waals surface area contributed by atoms with Crippen molar-refractivity contribution in [2.45, 2.75) is 39.0 Å². The Morgan fingerprint density at radius 1 is 1.00 bits per heavy atom. The maximum absolute atomic E-state index is 13.3. The van der Waals surface area contributed by atoms with E-state index >= 15 is 0 Å². The Morgan fingerprint density at radius 3 is 2.33 bits per heavy atom. The largest absolute Gasteiger partial charge is 0.368 e. The fourth-order valence-corrected chi connectivity index (χ4v) is 4.67. The number of piperazine rings is 1. The molecular formula is C23H30N4O6. The van der Waals surface area contributed by atoms with Crippen LogP contribution in [0.1, 0.15) is 47.4 Å². The van der Waals surface area contributed by atoms with Crippen molar-refractivity contribution < 1.29 is 28.7 Å². The zero-order valence-corrected chi connectivity index (χ0v) is 19.0. The Morgan fingerprint density at radius 2 is 1.70 bits per heavy atom. The maximum Gasteiger partial charge on any atom is 0.264 e. The van der Waals surface area contributed by atoms with Gasteiger partial charge < -0.3 is 14.4 Å². The molecule has 0 radical (unpaired) electrons. The van der Waals surface area contributed by atoms with Crippen LogP contribution >= 0.6 is 0 Å². The molecule has 4 amide bonds. The topological polar surface area (TPSA) is 108 Å². The van der Waals surface area contributed by atoms with Crippen LogP contribution in [0.5, 0.6) is 0 Å². The highest BCUT2D eigenvalue weighted by Crippen LogP contribution is 2.34. The number of piperidine rings is 1. The van der Waals surface area contributed by atoms with Gasteiger partial charge >= 0.3 is 0 Å². The van der Waals surface area contributed by atoms with Crippen molar-refractivity contribution in [1.82, 2.24) is 15.1 Å². The van der Waals surface area contributed by atoms with Crippen molar-refractivity contribution in [1.29, 1.82) is 0 Å². The summed E-state index contributed by atoms with van der Waals surface area (Å²) in [6.45, 7) is 8.61. The van der Waals surface area contributed by atoms with E-state index in [0.29, 0.717) is 49.7 Å². The number of hydrogen-bond donors (Lipinski definition) is 1. The summed E-state index contributed by atoms with van der Waals surface area (Å²) in [5, 5.41) is 2.23. The van der Waals surface area contributed by atoms with Crippen LogP contribution in [0.15, 0.2) is 18.2 Å². The number of fused-ring (bicyclic) bond motifs is 1. The smallest absolute Gasteiger partial charge is 0.264 e. The second-order valence-electron chi connectivity index (χ2n) is 8.27. The quantitative estimate of drug-likeness (QED) is 0.446. The zero-order chi connectivity index (χ0) is 23.5. The van der Waals surface area contributed by atoms with Crippen molar-refractivity contribution >= 4 is 29.3 Å². The van der Waals surface area contributed by atoms with E-state index in [-0.39, 0.29) is 25.0 Å². The van der Waals surface area contributed by atoms with Gasteiger partial charge in [-0.15, -0.1) is 0 Å². The molecule has 10 heteroatoms. The zero-order valence-electron chi connectivity index (χ0n) is 19.0. The predicted octanol–water partition coefficient (Wildman–Crippen LogP) is 0.609. The van der Waals surface area contributed by atoms with Gasteiger partial charge in [-0.1, -0.05) is 6.07 Å². The van der Waals surface area contributed by atoms with Crippen LogP contribution in [0.25, 0.3) is 0 Å². The Bertz CT molecular complexity index is 937. The van der Waals surface area contributed by atoms with Crippen LogP contribution < -0.4 is 10.2 Å². The molecular weight excluding hydrogens is 428 g/mol. The van der Waals surface area contributed by atoms with Crippen LogP contribution in [-0.4, -0.2) is 91.7 Å². The SMILES string of the molecule is CCOC(CN1CCN(c2cccc3c2C(=O)N(C2CCC(=O)NC2=O)C3=O)CC1)OCC. The average molecular weight is 459 g/mol. The van der Waals surface area contributed by atoms with Crippen LogP contribution in [0, 0.1) is 0 Å². The third-order valence-corrected chi connectivity index (χ3v) is 6.27. The molecule has 33 heavy (non-hydrogen) atoms. The van der Waals surface area contributed by atoms with E-state index in [9.17, 15) is 19.2 Å².